The van der Waals surface area contributed by atoms with Crippen LogP contribution < -0.4 is 18.1 Å². The van der Waals surface area contributed by atoms with Crippen molar-refractivity contribution in [3.63, 3.8) is 0 Å². The third-order valence-corrected chi connectivity index (χ3v) is 2.66. The third kappa shape index (κ3) is 2.17. The lowest BCUT2D eigenvalue weighted by Crippen LogP contribution is -3.00. The Morgan fingerprint density at radius 1 is 1.07 bits per heavy atom. The summed E-state index contributed by atoms with van der Waals surface area (Å²) in [5, 5.41) is 45.8. The van der Waals surface area contributed by atoms with Crippen LogP contribution in [0.4, 0.5) is 0 Å². The van der Waals surface area contributed by atoms with E-state index in [1.54, 1.807) is 0 Å². The average molecular weight is 230 g/mol. The second-order valence-corrected chi connectivity index (χ2v) is 3.46. The van der Waals surface area contributed by atoms with Crippen LogP contribution in [0.5, 0.6) is 0 Å². The minimum Gasteiger partial charge on any atom is -1.00 e. The summed E-state index contributed by atoms with van der Waals surface area (Å²) in [6.07, 6.45) is -4.85. The monoisotopic (exact) mass is 229 g/mol. The molecule has 0 radical (unpaired) electrons. The Morgan fingerprint density at radius 2 is 1.57 bits per heavy atom. The van der Waals surface area contributed by atoms with Crippen LogP contribution in [-0.4, -0.2) is 62.6 Å². The lowest BCUT2D eigenvalue weighted by Gasteiger charge is -2.21. The summed E-state index contributed by atoms with van der Waals surface area (Å²) >= 11 is 0. The zero-order valence-corrected chi connectivity index (χ0v) is 8.25. The summed E-state index contributed by atoms with van der Waals surface area (Å²) in [5.74, 6) is -0.782. The molecule has 14 heavy (non-hydrogen) atoms. The van der Waals surface area contributed by atoms with Gasteiger partial charge in [0.15, 0.2) is 0 Å². The third-order valence-electron chi connectivity index (χ3n) is 2.66. The predicted octanol–water partition coefficient (Wildman–Crippen LogP) is -7.33. The Labute approximate surface area is 87.4 Å². The molecule has 0 spiro atoms. The van der Waals surface area contributed by atoms with Gasteiger partial charge in [-0.05, 0) is 0 Å². The van der Waals surface area contributed by atoms with Crippen LogP contribution in [0.2, 0.25) is 0 Å². The molecular weight excluding hydrogens is 214 g/mol. The number of halogens is 1. The molecular formula is C7H16ClNO5. The summed E-state index contributed by atoms with van der Waals surface area (Å²) in [6, 6.07) is -0.674. The van der Waals surface area contributed by atoms with E-state index in [0.717, 1.165) is 0 Å². The molecule has 0 aliphatic heterocycles. The van der Waals surface area contributed by atoms with Crippen molar-refractivity contribution in [3.05, 3.63) is 0 Å². The van der Waals surface area contributed by atoms with E-state index < -0.39 is 43.0 Å². The molecule has 0 unspecified atom stereocenters. The Balaban J connectivity index is 0.00000169. The maximum atomic E-state index is 9.38. The number of aliphatic hydroxyl groups is 5. The molecule has 1 aliphatic rings. The van der Waals surface area contributed by atoms with Crippen molar-refractivity contribution in [1.82, 2.24) is 0 Å². The Kier molecular flexibility index (Phi) is 5.24. The van der Waals surface area contributed by atoms with Crippen LogP contribution in [-0.2, 0) is 0 Å². The van der Waals surface area contributed by atoms with Gasteiger partial charge in [0.25, 0.3) is 0 Å². The van der Waals surface area contributed by atoms with Crippen molar-refractivity contribution >= 4 is 0 Å². The Morgan fingerprint density at radius 3 is 1.86 bits per heavy atom. The highest BCUT2D eigenvalue weighted by Crippen LogP contribution is 2.27. The highest BCUT2D eigenvalue weighted by molar-refractivity contribution is 4.99. The van der Waals surface area contributed by atoms with Gasteiger partial charge >= 0.3 is 0 Å². The van der Waals surface area contributed by atoms with E-state index in [2.05, 4.69) is 5.73 Å². The van der Waals surface area contributed by atoms with Gasteiger partial charge in [0.05, 0.1) is 24.7 Å². The largest absolute Gasteiger partial charge is 1.00 e. The maximum Gasteiger partial charge on any atom is 0.134 e. The maximum absolute atomic E-state index is 9.38. The molecule has 86 valence electrons. The molecule has 8 N–H and O–H groups in total. The molecule has 6 atom stereocenters. The first-order valence-electron chi connectivity index (χ1n) is 4.17. The topological polar surface area (TPSA) is 129 Å². The molecule has 0 amide bonds. The van der Waals surface area contributed by atoms with Gasteiger partial charge in [-0.1, -0.05) is 0 Å². The molecule has 1 aliphatic carbocycles. The second-order valence-electron chi connectivity index (χ2n) is 3.46. The molecule has 6 nitrogen and oxygen atoms in total. The van der Waals surface area contributed by atoms with Crippen LogP contribution >= 0.6 is 0 Å². The van der Waals surface area contributed by atoms with Crippen LogP contribution in [0.3, 0.4) is 0 Å². The molecule has 0 aromatic heterocycles. The van der Waals surface area contributed by atoms with E-state index in [0.29, 0.717) is 0 Å². The first-order chi connectivity index (χ1) is 6.00. The van der Waals surface area contributed by atoms with Crippen molar-refractivity contribution in [3.8, 4) is 0 Å². The lowest BCUT2D eigenvalue weighted by molar-refractivity contribution is -0.449. The fourth-order valence-corrected chi connectivity index (χ4v) is 1.80. The summed E-state index contributed by atoms with van der Waals surface area (Å²) in [7, 11) is 0. The number of aliphatic hydroxyl groups excluding tert-OH is 5. The van der Waals surface area contributed by atoms with Crippen LogP contribution in [0.25, 0.3) is 0 Å². The normalized spacial score (nSPS) is 44.6. The molecule has 0 saturated heterocycles. The molecule has 1 saturated carbocycles. The van der Waals surface area contributed by atoms with Crippen LogP contribution in [0, 0.1) is 5.92 Å². The Hall–Kier alpha value is 0.0500. The standard InChI is InChI=1S/C7H15NO5.ClH/c8-4-3(2(10)1-9)5(11)7(13)6(4)12;/h2-7,9-13H,1,8H2;1H/t2-,3-,4+,5+,6-,7-;/m0./s1. The minimum absolute atomic E-state index is 0. The number of quaternary nitrogens is 1. The lowest BCUT2D eigenvalue weighted by atomic mass is 9.95. The highest BCUT2D eigenvalue weighted by Gasteiger charge is 2.52. The minimum atomic E-state index is -1.30. The summed E-state index contributed by atoms with van der Waals surface area (Å²) < 4.78 is 0. The highest BCUT2D eigenvalue weighted by atomic mass is 35.5. The molecule has 7 heteroatoms. The van der Waals surface area contributed by atoms with Gasteiger partial charge in [0.2, 0.25) is 0 Å². The molecule has 0 aromatic carbocycles. The van der Waals surface area contributed by atoms with E-state index in [1.807, 2.05) is 0 Å². The number of hydrogen-bond donors (Lipinski definition) is 6. The summed E-state index contributed by atoms with van der Waals surface area (Å²) in [5.41, 5.74) is 3.53. The van der Waals surface area contributed by atoms with E-state index in [1.165, 1.54) is 0 Å². The summed E-state index contributed by atoms with van der Waals surface area (Å²) in [6.45, 7) is -0.521. The van der Waals surface area contributed by atoms with Gasteiger partial charge in [0, 0.05) is 0 Å². The molecule has 0 heterocycles. The molecule has 0 bridgehead atoms. The van der Waals surface area contributed by atoms with Gasteiger partial charge < -0.3 is 43.7 Å². The first kappa shape index (κ1) is 14.1. The zero-order valence-electron chi connectivity index (χ0n) is 7.49. The molecule has 1 fully saturated rings. The first-order valence-corrected chi connectivity index (χ1v) is 4.17. The number of hydrogen-bond acceptors (Lipinski definition) is 5. The van der Waals surface area contributed by atoms with E-state index >= 15 is 0 Å². The van der Waals surface area contributed by atoms with Crippen molar-refractivity contribution in [2.75, 3.05) is 6.61 Å². The van der Waals surface area contributed by atoms with Crippen molar-refractivity contribution in [2.45, 2.75) is 30.5 Å². The van der Waals surface area contributed by atoms with Gasteiger partial charge in [-0.25, -0.2) is 0 Å². The average Bonchev–Trinajstić information content (AvgIpc) is 2.30. The molecule has 1 rings (SSSR count). The SMILES string of the molecule is [Cl-].[NH3+][C@H]1[C@H](O)[C@@H](O)[C@H](O)[C@H]1[C@@H](O)CO. The second kappa shape index (κ2) is 5.22. The smallest absolute Gasteiger partial charge is 0.134 e. The van der Waals surface area contributed by atoms with E-state index in [9.17, 15) is 20.4 Å². The fourth-order valence-electron chi connectivity index (χ4n) is 1.80. The summed E-state index contributed by atoms with van der Waals surface area (Å²) in [4.78, 5) is 0. The quantitative estimate of drug-likeness (QED) is 0.280. The van der Waals surface area contributed by atoms with Gasteiger partial charge in [-0.3, -0.25) is 0 Å². The Bertz CT molecular complexity index is 169. The number of rotatable bonds is 2. The van der Waals surface area contributed by atoms with Crippen molar-refractivity contribution < 1.29 is 43.7 Å². The van der Waals surface area contributed by atoms with Gasteiger partial charge in [-0.15, -0.1) is 0 Å². The van der Waals surface area contributed by atoms with Crippen LogP contribution in [0.1, 0.15) is 0 Å². The van der Waals surface area contributed by atoms with Gasteiger partial charge in [0.1, 0.15) is 18.2 Å². The van der Waals surface area contributed by atoms with Crippen molar-refractivity contribution in [2.24, 2.45) is 5.92 Å². The molecule has 0 aromatic rings. The van der Waals surface area contributed by atoms with Gasteiger partial charge in [-0.2, -0.15) is 0 Å². The fraction of sp³-hybridized carbons (Fsp3) is 1.00. The van der Waals surface area contributed by atoms with E-state index in [-0.39, 0.29) is 12.4 Å². The van der Waals surface area contributed by atoms with E-state index in [4.69, 9.17) is 5.11 Å². The van der Waals surface area contributed by atoms with Crippen molar-refractivity contribution in [1.29, 1.82) is 0 Å². The predicted molar refractivity (Wildman–Crippen MR) is 41.3 cm³/mol. The van der Waals surface area contributed by atoms with Crippen LogP contribution in [0.15, 0.2) is 0 Å². The zero-order chi connectivity index (χ0) is 10.2.